The van der Waals surface area contributed by atoms with Gasteiger partial charge in [0.15, 0.2) is 0 Å². The van der Waals surface area contributed by atoms with Crippen LogP contribution >= 0.6 is 0 Å². The minimum absolute atomic E-state index is 0.0489. The van der Waals surface area contributed by atoms with Crippen molar-refractivity contribution in [3.8, 4) is 6.07 Å². The summed E-state index contributed by atoms with van der Waals surface area (Å²) < 4.78 is 1.48. The zero-order chi connectivity index (χ0) is 13.0. The van der Waals surface area contributed by atoms with Gasteiger partial charge >= 0.3 is 0 Å². The standard InChI is InChI=1S/C12H11N5O/c13-7-11-15-5-6-17(11)8-12(18)16-10-3-1-9(14)2-4-10/h1-6H,8,14H2,(H,16,18). The van der Waals surface area contributed by atoms with Gasteiger partial charge in [0, 0.05) is 23.8 Å². The summed E-state index contributed by atoms with van der Waals surface area (Å²) in [6.07, 6.45) is 3.07. The molecule has 0 radical (unpaired) electrons. The van der Waals surface area contributed by atoms with Crippen molar-refractivity contribution in [3.05, 3.63) is 42.5 Å². The van der Waals surface area contributed by atoms with E-state index in [9.17, 15) is 4.79 Å². The highest BCUT2D eigenvalue weighted by Gasteiger charge is 2.07. The molecule has 3 N–H and O–H groups in total. The van der Waals surface area contributed by atoms with Crippen LogP contribution in [0.25, 0.3) is 0 Å². The van der Waals surface area contributed by atoms with Gasteiger partial charge in [-0.25, -0.2) is 4.98 Å². The van der Waals surface area contributed by atoms with Crippen molar-refractivity contribution in [2.24, 2.45) is 0 Å². The third-order valence-electron chi connectivity index (χ3n) is 2.32. The largest absolute Gasteiger partial charge is 0.399 e. The molecule has 0 saturated carbocycles. The first-order valence-electron chi connectivity index (χ1n) is 5.25. The number of nitrogens with zero attached hydrogens (tertiary/aromatic N) is 3. The number of carbonyl (C=O) groups excluding carboxylic acids is 1. The second-order valence-corrected chi connectivity index (χ2v) is 3.66. The first kappa shape index (κ1) is 11.7. The predicted octanol–water partition coefficient (Wildman–Crippen LogP) is 0.976. The highest BCUT2D eigenvalue weighted by atomic mass is 16.1. The number of nitrogens with two attached hydrogens (primary N) is 1. The maximum Gasteiger partial charge on any atom is 0.244 e. The predicted molar refractivity (Wildman–Crippen MR) is 66.4 cm³/mol. The highest BCUT2D eigenvalue weighted by molar-refractivity contribution is 5.90. The number of amides is 1. The fraction of sp³-hybridized carbons (Fsp3) is 0.0833. The summed E-state index contributed by atoms with van der Waals surface area (Å²) in [7, 11) is 0. The van der Waals surface area contributed by atoms with Crippen molar-refractivity contribution in [2.45, 2.75) is 6.54 Å². The minimum Gasteiger partial charge on any atom is -0.399 e. The van der Waals surface area contributed by atoms with Crippen LogP contribution in [0.1, 0.15) is 5.82 Å². The Morgan fingerprint density at radius 2 is 2.17 bits per heavy atom. The van der Waals surface area contributed by atoms with E-state index in [1.165, 1.54) is 10.8 Å². The maximum atomic E-state index is 11.7. The van der Waals surface area contributed by atoms with E-state index in [1.807, 2.05) is 6.07 Å². The highest BCUT2D eigenvalue weighted by Crippen LogP contribution is 2.10. The lowest BCUT2D eigenvalue weighted by molar-refractivity contribution is -0.116. The summed E-state index contributed by atoms with van der Waals surface area (Å²) in [6.45, 7) is 0.0489. The minimum atomic E-state index is -0.228. The average Bonchev–Trinajstić information content (AvgIpc) is 2.79. The number of nitrogens with one attached hydrogen (secondary N) is 1. The van der Waals surface area contributed by atoms with Crippen molar-refractivity contribution in [2.75, 3.05) is 11.1 Å². The van der Waals surface area contributed by atoms with Crippen molar-refractivity contribution in [1.82, 2.24) is 9.55 Å². The van der Waals surface area contributed by atoms with Crippen LogP contribution in [0.15, 0.2) is 36.7 Å². The molecular formula is C12H11N5O. The van der Waals surface area contributed by atoms with Crippen LogP contribution in [0.3, 0.4) is 0 Å². The number of rotatable bonds is 3. The summed E-state index contributed by atoms with van der Waals surface area (Å²) in [5.41, 5.74) is 6.84. The summed E-state index contributed by atoms with van der Waals surface area (Å²) in [4.78, 5) is 15.5. The Balaban J connectivity index is 2.01. The van der Waals surface area contributed by atoms with E-state index in [0.717, 1.165) is 0 Å². The number of aromatic nitrogens is 2. The van der Waals surface area contributed by atoms with Gasteiger partial charge in [-0.1, -0.05) is 0 Å². The van der Waals surface area contributed by atoms with Gasteiger partial charge in [-0.15, -0.1) is 0 Å². The lowest BCUT2D eigenvalue weighted by atomic mass is 10.3. The molecule has 0 aliphatic rings. The Hall–Kier alpha value is -2.81. The molecule has 90 valence electrons. The van der Waals surface area contributed by atoms with Gasteiger partial charge in [-0.2, -0.15) is 5.26 Å². The van der Waals surface area contributed by atoms with E-state index in [0.29, 0.717) is 11.4 Å². The van der Waals surface area contributed by atoms with Gasteiger partial charge in [0.05, 0.1) is 0 Å². The normalized spacial score (nSPS) is 9.72. The van der Waals surface area contributed by atoms with Crippen LogP contribution in [0.4, 0.5) is 11.4 Å². The lowest BCUT2D eigenvalue weighted by Crippen LogP contribution is -2.19. The first-order valence-corrected chi connectivity index (χ1v) is 5.25. The van der Waals surface area contributed by atoms with Crippen LogP contribution in [-0.2, 0) is 11.3 Å². The van der Waals surface area contributed by atoms with Crippen LogP contribution < -0.4 is 11.1 Å². The Kier molecular flexibility index (Phi) is 3.25. The molecule has 0 fully saturated rings. The van der Waals surface area contributed by atoms with Gasteiger partial charge in [0.1, 0.15) is 12.6 Å². The summed E-state index contributed by atoms with van der Waals surface area (Å²) in [6, 6.07) is 8.74. The molecule has 18 heavy (non-hydrogen) atoms. The van der Waals surface area contributed by atoms with Gasteiger partial charge in [-0.3, -0.25) is 4.79 Å². The quantitative estimate of drug-likeness (QED) is 0.782. The molecule has 0 aliphatic carbocycles. The molecule has 1 heterocycles. The number of imidazole rings is 1. The molecule has 0 saturated heterocycles. The molecule has 0 bridgehead atoms. The van der Waals surface area contributed by atoms with Crippen molar-refractivity contribution in [3.63, 3.8) is 0 Å². The summed E-state index contributed by atoms with van der Waals surface area (Å²) in [5.74, 6) is -0.0169. The van der Waals surface area contributed by atoms with Crippen molar-refractivity contribution < 1.29 is 4.79 Å². The molecule has 1 amide bonds. The molecule has 1 aromatic carbocycles. The van der Waals surface area contributed by atoms with Crippen LogP contribution in [0.2, 0.25) is 0 Å². The Bertz CT molecular complexity index is 594. The lowest BCUT2D eigenvalue weighted by Gasteiger charge is -2.06. The molecule has 0 unspecified atom stereocenters. The van der Waals surface area contributed by atoms with Crippen molar-refractivity contribution >= 4 is 17.3 Å². The number of hydrogen-bond donors (Lipinski definition) is 2. The molecule has 6 heteroatoms. The number of hydrogen-bond acceptors (Lipinski definition) is 4. The second kappa shape index (κ2) is 5.01. The van der Waals surface area contributed by atoms with E-state index in [-0.39, 0.29) is 18.3 Å². The van der Waals surface area contributed by atoms with E-state index in [1.54, 1.807) is 30.5 Å². The van der Waals surface area contributed by atoms with Gasteiger partial charge in [0.2, 0.25) is 11.7 Å². The smallest absolute Gasteiger partial charge is 0.244 e. The van der Waals surface area contributed by atoms with Gasteiger partial charge in [-0.05, 0) is 24.3 Å². The molecule has 0 spiro atoms. The Labute approximate surface area is 104 Å². The number of benzene rings is 1. The van der Waals surface area contributed by atoms with E-state index in [2.05, 4.69) is 10.3 Å². The van der Waals surface area contributed by atoms with Crippen LogP contribution in [0, 0.1) is 11.3 Å². The van der Waals surface area contributed by atoms with Crippen molar-refractivity contribution in [1.29, 1.82) is 5.26 Å². The van der Waals surface area contributed by atoms with Gasteiger partial charge in [0.25, 0.3) is 0 Å². The first-order chi connectivity index (χ1) is 8.69. The number of nitriles is 1. The third kappa shape index (κ3) is 2.65. The number of anilines is 2. The van der Waals surface area contributed by atoms with E-state index >= 15 is 0 Å². The SMILES string of the molecule is N#Cc1nccn1CC(=O)Nc1ccc(N)cc1. The monoisotopic (exact) mass is 241 g/mol. The fourth-order valence-electron chi connectivity index (χ4n) is 1.47. The fourth-order valence-corrected chi connectivity index (χ4v) is 1.47. The van der Waals surface area contributed by atoms with Crippen LogP contribution in [-0.4, -0.2) is 15.5 Å². The second-order valence-electron chi connectivity index (χ2n) is 3.66. The summed E-state index contributed by atoms with van der Waals surface area (Å²) in [5, 5.41) is 11.5. The molecule has 6 nitrogen and oxygen atoms in total. The zero-order valence-electron chi connectivity index (χ0n) is 9.50. The topological polar surface area (TPSA) is 96.7 Å². The Morgan fingerprint density at radius 1 is 1.44 bits per heavy atom. The molecule has 2 aromatic rings. The molecule has 1 aromatic heterocycles. The maximum absolute atomic E-state index is 11.7. The molecular weight excluding hydrogens is 230 g/mol. The molecule has 0 aliphatic heterocycles. The summed E-state index contributed by atoms with van der Waals surface area (Å²) >= 11 is 0. The van der Waals surface area contributed by atoms with E-state index < -0.39 is 0 Å². The zero-order valence-corrected chi connectivity index (χ0v) is 9.50. The van der Waals surface area contributed by atoms with Crippen LogP contribution in [0.5, 0.6) is 0 Å². The molecule has 0 atom stereocenters. The number of carbonyl (C=O) groups is 1. The Morgan fingerprint density at radius 3 is 2.83 bits per heavy atom. The average molecular weight is 241 g/mol. The third-order valence-corrected chi connectivity index (χ3v) is 2.32. The number of nitrogen functional groups attached to an aromatic ring is 1. The van der Waals surface area contributed by atoms with E-state index in [4.69, 9.17) is 11.0 Å². The van der Waals surface area contributed by atoms with Gasteiger partial charge < -0.3 is 15.6 Å². The molecule has 2 rings (SSSR count).